The van der Waals surface area contributed by atoms with Crippen molar-refractivity contribution < 1.29 is 13.2 Å². The van der Waals surface area contributed by atoms with Crippen molar-refractivity contribution in [3.63, 3.8) is 0 Å². The van der Waals surface area contributed by atoms with Gasteiger partial charge in [-0.2, -0.15) is 8.42 Å². The van der Waals surface area contributed by atoms with E-state index >= 15 is 0 Å². The Kier molecular flexibility index (Phi) is 4.11. The number of hydrogen-bond donors (Lipinski definition) is 0. The van der Waals surface area contributed by atoms with Crippen LogP contribution in [0.25, 0.3) is 0 Å². The molecule has 0 saturated carbocycles. The van der Waals surface area contributed by atoms with Gasteiger partial charge in [0, 0.05) is 24.0 Å². The Morgan fingerprint density at radius 1 is 1.35 bits per heavy atom. The van der Waals surface area contributed by atoms with Crippen LogP contribution >= 0.6 is 11.3 Å². The summed E-state index contributed by atoms with van der Waals surface area (Å²) in [6, 6.07) is 8.83. The summed E-state index contributed by atoms with van der Waals surface area (Å²) in [5.41, 5.74) is 1.76. The van der Waals surface area contributed by atoms with E-state index in [0.717, 1.165) is 6.42 Å². The van der Waals surface area contributed by atoms with Gasteiger partial charge in [0.1, 0.15) is 4.90 Å². The molecule has 0 spiro atoms. The summed E-state index contributed by atoms with van der Waals surface area (Å²) in [4.78, 5) is 17.9. The van der Waals surface area contributed by atoms with Crippen molar-refractivity contribution in [2.45, 2.75) is 24.3 Å². The Bertz CT molecular complexity index is 1010. The van der Waals surface area contributed by atoms with Crippen molar-refractivity contribution in [3.8, 4) is 0 Å². The van der Waals surface area contributed by atoms with E-state index in [-0.39, 0.29) is 23.4 Å². The highest BCUT2D eigenvalue weighted by molar-refractivity contribution is 7.90. The fourth-order valence-electron chi connectivity index (χ4n) is 3.58. The highest BCUT2D eigenvalue weighted by atomic mass is 32.2. The molecule has 0 unspecified atom stereocenters. The van der Waals surface area contributed by atoms with Crippen LogP contribution < -0.4 is 0 Å². The highest BCUT2D eigenvalue weighted by Gasteiger charge is 2.33. The molecule has 1 atom stereocenters. The van der Waals surface area contributed by atoms with Crippen molar-refractivity contribution in [1.29, 1.82) is 0 Å². The van der Waals surface area contributed by atoms with Gasteiger partial charge in [0.25, 0.3) is 10.0 Å². The monoisotopic (exact) mass is 389 g/mol. The van der Waals surface area contributed by atoms with Gasteiger partial charge in [0.05, 0.1) is 12.6 Å². The summed E-state index contributed by atoms with van der Waals surface area (Å²) in [5, 5.41) is 2.07. The van der Waals surface area contributed by atoms with Gasteiger partial charge in [-0.25, -0.2) is 0 Å². The van der Waals surface area contributed by atoms with Gasteiger partial charge >= 0.3 is 0 Å². The molecular weight excluding hydrogens is 370 g/mol. The summed E-state index contributed by atoms with van der Waals surface area (Å²) in [6.07, 6.45) is 0.866. The van der Waals surface area contributed by atoms with E-state index in [1.165, 1.54) is 10.4 Å². The molecule has 4 rings (SSSR count). The number of thiophene rings is 1. The minimum atomic E-state index is -3.68. The largest absolute Gasteiger partial charge is 0.349 e. The second-order valence-electron chi connectivity index (χ2n) is 6.55. The third-order valence-electron chi connectivity index (χ3n) is 4.94. The lowest BCUT2D eigenvalue weighted by molar-refractivity contribution is -0.133. The highest BCUT2D eigenvalue weighted by Crippen LogP contribution is 2.33. The molecule has 0 N–H and O–H groups in total. The van der Waals surface area contributed by atoms with Crippen molar-refractivity contribution in [2.24, 2.45) is 4.40 Å². The summed E-state index contributed by atoms with van der Waals surface area (Å²) < 4.78 is 28.3. The van der Waals surface area contributed by atoms with Crippen LogP contribution in [0.15, 0.2) is 45.0 Å². The summed E-state index contributed by atoms with van der Waals surface area (Å²) in [6.45, 7) is 2.81. The van der Waals surface area contributed by atoms with Crippen molar-refractivity contribution in [3.05, 3.63) is 51.7 Å². The molecule has 2 aliphatic heterocycles. The number of hydrogen-bond acceptors (Lipinski definition) is 5. The lowest BCUT2D eigenvalue weighted by atomic mass is 10.0. The topological polar surface area (TPSA) is 70.1 Å². The average molecular weight is 390 g/mol. The number of likely N-dealkylation sites (N-methyl/N-ethyl adjacent to an activating group) is 1. The quantitative estimate of drug-likeness (QED) is 0.790. The molecule has 2 aliphatic rings. The molecule has 0 bridgehead atoms. The van der Waals surface area contributed by atoms with E-state index < -0.39 is 10.0 Å². The number of benzene rings is 1. The van der Waals surface area contributed by atoms with Gasteiger partial charge in [-0.15, -0.1) is 15.7 Å². The van der Waals surface area contributed by atoms with E-state index in [4.69, 9.17) is 0 Å². The third-order valence-corrected chi connectivity index (χ3v) is 7.27. The first-order chi connectivity index (χ1) is 12.4. The summed E-state index contributed by atoms with van der Waals surface area (Å²) in [7, 11) is -1.97. The molecule has 3 heterocycles. The Labute approximate surface area is 156 Å². The molecule has 26 heavy (non-hydrogen) atoms. The summed E-state index contributed by atoms with van der Waals surface area (Å²) in [5.74, 6) is 0.302. The zero-order valence-electron chi connectivity index (χ0n) is 14.5. The Hall–Kier alpha value is -2.19. The van der Waals surface area contributed by atoms with Crippen LogP contribution in [-0.4, -0.2) is 50.1 Å². The van der Waals surface area contributed by atoms with Crippen LogP contribution in [0.4, 0.5) is 0 Å². The van der Waals surface area contributed by atoms with E-state index in [1.54, 1.807) is 47.5 Å². The van der Waals surface area contributed by atoms with E-state index in [0.29, 0.717) is 17.9 Å². The first kappa shape index (κ1) is 17.2. The second-order valence-corrected chi connectivity index (χ2v) is 9.13. The molecule has 0 aliphatic carbocycles. The van der Waals surface area contributed by atoms with Crippen molar-refractivity contribution in [2.75, 3.05) is 20.1 Å². The van der Waals surface area contributed by atoms with Gasteiger partial charge in [-0.3, -0.25) is 4.79 Å². The Balaban J connectivity index is 1.54. The second kappa shape index (κ2) is 6.21. The normalized spacial score (nSPS) is 20.3. The predicted octanol–water partition coefficient (Wildman–Crippen LogP) is 2.27. The number of amides is 1. The minimum absolute atomic E-state index is 0.0265. The van der Waals surface area contributed by atoms with Crippen LogP contribution in [-0.2, 0) is 21.2 Å². The van der Waals surface area contributed by atoms with Crippen LogP contribution in [0, 0.1) is 0 Å². The maximum absolute atomic E-state index is 12.9. The van der Waals surface area contributed by atoms with Crippen LogP contribution in [0.5, 0.6) is 0 Å². The molecular formula is C18H19N3O3S2. The average Bonchev–Trinajstić information content (AvgIpc) is 3.19. The Morgan fingerprint density at radius 3 is 2.92 bits per heavy atom. The molecule has 1 amide bonds. The third kappa shape index (κ3) is 2.73. The number of amidine groups is 1. The first-order valence-corrected chi connectivity index (χ1v) is 10.7. The molecule has 0 saturated heterocycles. The molecule has 0 fully saturated rings. The number of fused-ring (bicyclic) bond motifs is 2. The zero-order chi connectivity index (χ0) is 18.5. The fourth-order valence-corrected chi connectivity index (χ4v) is 5.80. The molecule has 136 valence electrons. The molecule has 0 radical (unpaired) electrons. The predicted molar refractivity (Wildman–Crippen MR) is 101 cm³/mol. The first-order valence-electron chi connectivity index (χ1n) is 8.40. The van der Waals surface area contributed by atoms with Gasteiger partial charge in [-0.05, 0) is 42.5 Å². The van der Waals surface area contributed by atoms with Crippen LogP contribution in [0.2, 0.25) is 0 Å². The van der Waals surface area contributed by atoms with Crippen molar-refractivity contribution in [1.82, 2.24) is 9.80 Å². The van der Waals surface area contributed by atoms with Gasteiger partial charge in [0.2, 0.25) is 5.91 Å². The smallest absolute Gasteiger partial charge is 0.285 e. The summed E-state index contributed by atoms with van der Waals surface area (Å²) >= 11 is 1.74. The lowest BCUT2D eigenvalue weighted by Crippen LogP contribution is -2.44. The van der Waals surface area contributed by atoms with Crippen LogP contribution in [0.3, 0.4) is 0 Å². The zero-order valence-corrected chi connectivity index (χ0v) is 16.2. The van der Waals surface area contributed by atoms with Crippen LogP contribution in [0.1, 0.15) is 29.0 Å². The maximum atomic E-state index is 12.9. The van der Waals surface area contributed by atoms with Gasteiger partial charge in [-0.1, -0.05) is 12.1 Å². The molecule has 2 aromatic rings. The van der Waals surface area contributed by atoms with E-state index in [2.05, 4.69) is 15.8 Å². The standard InChI is InChI=1S/C18H19N3O3S2/c1-12-13-8-10-25-15(13)7-9-21(12)17(22)11-20(2)18-14-5-3-4-6-16(14)26(23,24)19-18/h3-6,8,10,12H,7,9,11H2,1-2H3/t12-/m1/s1. The number of nitrogens with zero attached hydrogens (tertiary/aromatic N) is 3. The van der Waals surface area contributed by atoms with Gasteiger partial charge in [0.15, 0.2) is 5.84 Å². The van der Waals surface area contributed by atoms with E-state index in [9.17, 15) is 13.2 Å². The number of rotatable bonds is 2. The number of sulfonamides is 1. The number of carbonyl (C=O) groups excluding carboxylic acids is 1. The fraction of sp³-hybridized carbons (Fsp3) is 0.333. The minimum Gasteiger partial charge on any atom is -0.349 e. The SMILES string of the molecule is C[C@@H]1c2ccsc2CCN1C(=O)CN(C)C1=NS(=O)(=O)c2ccccc21. The Morgan fingerprint density at radius 2 is 2.12 bits per heavy atom. The van der Waals surface area contributed by atoms with Crippen molar-refractivity contribution >= 4 is 33.1 Å². The molecule has 1 aromatic carbocycles. The lowest BCUT2D eigenvalue weighted by Gasteiger charge is -2.35. The van der Waals surface area contributed by atoms with Gasteiger partial charge < -0.3 is 9.80 Å². The maximum Gasteiger partial charge on any atom is 0.285 e. The molecule has 6 nitrogen and oxygen atoms in total. The molecule has 1 aromatic heterocycles. The van der Waals surface area contributed by atoms with E-state index in [1.807, 2.05) is 11.8 Å². The number of carbonyl (C=O) groups is 1. The molecule has 8 heteroatoms.